The SMILES string of the molecule is COc1ccc(Br)cc1/C=C/C(=O)OCC(=O)Nc1sc2c(c1C(N)=O)CCCC2. The number of hydrogen-bond donors (Lipinski definition) is 2. The maximum Gasteiger partial charge on any atom is 0.331 e. The van der Waals surface area contributed by atoms with E-state index in [-0.39, 0.29) is 0 Å². The first kappa shape index (κ1) is 22.0. The van der Waals surface area contributed by atoms with Gasteiger partial charge in [-0.1, -0.05) is 15.9 Å². The number of hydrogen-bond acceptors (Lipinski definition) is 6. The van der Waals surface area contributed by atoms with Crippen LogP contribution >= 0.6 is 27.3 Å². The molecule has 9 heteroatoms. The number of primary amides is 1. The van der Waals surface area contributed by atoms with Crippen LogP contribution in [0.3, 0.4) is 0 Å². The summed E-state index contributed by atoms with van der Waals surface area (Å²) in [6.07, 6.45) is 6.45. The molecule has 0 aliphatic heterocycles. The van der Waals surface area contributed by atoms with Crippen molar-refractivity contribution in [3.63, 3.8) is 0 Å². The molecule has 7 nitrogen and oxygen atoms in total. The van der Waals surface area contributed by atoms with Gasteiger partial charge in [-0.15, -0.1) is 11.3 Å². The summed E-state index contributed by atoms with van der Waals surface area (Å²) in [5.74, 6) is -1.17. The number of ether oxygens (including phenoxy) is 2. The molecule has 0 saturated heterocycles. The summed E-state index contributed by atoms with van der Waals surface area (Å²) in [4.78, 5) is 37.2. The van der Waals surface area contributed by atoms with E-state index < -0.39 is 24.4 Å². The maximum absolute atomic E-state index is 12.2. The van der Waals surface area contributed by atoms with Crippen molar-refractivity contribution in [3.8, 4) is 5.75 Å². The second-order valence-corrected chi connectivity index (χ2v) is 8.68. The molecule has 0 fully saturated rings. The number of fused-ring (bicyclic) bond motifs is 1. The molecule has 2 aromatic rings. The van der Waals surface area contributed by atoms with E-state index in [0.717, 1.165) is 40.6 Å². The van der Waals surface area contributed by atoms with E-state index in [0.29, 0.717) is 21.9 Å². The van der Waals surface area contributed by atoms with E-state index in [1.54, 1.807) is 18.2 Å². The number of nitrogens with two attached hydrogens (primary N) is 1. The van der Waals surface area contributed by atoms with Crippen LogP contribution in [0.15, 0.2) is 28.7 Å². The minimum atomic E-state index is -0.673. The van der Waals surface area contributed by atoms with Crippen molar-refractivity contribution in [1.82, 2.24) is 0 Å². The van der Waals surface area contributed by atoms with Crippen LogP contribution in [0.2, 0.25) is 0 Å². The van der Waals surface area contributed by atoms with Crippen LogP contribution in [0.25, 0.3) is 6.08 Å². The van der Waals surface area contributed by atoms with Gasteiger partial charge in [0, 0.05) is 21.0 Å². The first-order valence-electron chi connectivity index (χ1n) is 9.31. The number of carbonyl (C=O) groups excluding carboxylic acids is 3. The molecule has 0 atom stereocenters. The molecular formula is C21H21BrN2O5S. The molecule has 3 rings (SSSR count). The molecule has 1 aliphatic rings. The Hall–Kier alpha value is -2.65. The molecule has 2 amide bonds. The molecule has 0 spiro atoms. The van der Waals surface area contributed by atoms with E-state index in [9.17, 15) is 14.4 Å². The second-order valence-electron chi connectivity index (χ2n) is 6.65. The Labute approximate surface area is 186 Å². The molecule has 0 saturated carbocycles. The molecule has 1 heterocycles. The number of halogens is 1. The van der Waals surface area contributed by atoms with Gasteiger partial charge in [0.2, 0.25) is 0 Å². The summed E-state index contributed by atoms with van der Waals surface area (Å²) in [7, 11) is 1.53. The van der Waals surface area contributed by atoms with Crippen LogP contribution in [0.1, 0.15) is 39.2 Å². The molecule has 1 aromatic carbocycles. The summed E-state index contributed by atoms with van der Waals surface area (Å²) in [6, 6.07) is 5.38. The Morgan fingerprint density at radius 3 is 2.77 bits per heavy atom. The summed E-state index contributed by atoms with van der Waals surface area (Å²) < 4.78 is 11.1. The van der Waals surface area contributed by atoms with Crippen LogP contribution in [-0.4, -0.2) is 31.5 Å². The monoisotopic (exact) mass is 492 g/mol. The van der Waals surface area contributed by atoms with Gasteiger partial charge in [-0.05, 0) is 55.5 Å². The van der Waals surface area contributed by atoms with Gasteiger partial charge in [-0.3, -0.25) is 9.59 Å². The molecule has 0 bridgehead atoms. The Balaban J connectivity index is 1.60. The van der Waals surface area contributed by atoms with E-state index >= 15 is 0 Å². The highest BCUT2D eigenvalue weighted by Crippen LogP contribution is 2.37. The molecule has 1 aromatic heterocycles. The summed E-state index contributed by atoms with van der Waals surface area (Å²) in [5.41, 5.74) is 7.50. The third-order valence-corrected chi connectivity index (χ3v) is 6.31. The quantitative estimate of drug-likeness (QED) is 0.452. The molecule has 0 unspecified atom stereocenters. The number of benzene rings is 1. The number of esters is 1. The molecule has 3 N–H and O–H groups in total. The number of anilines is 1. The van der Waals surface area contributed by atoms with Crippen molar-refractivity contribution in [2.24, 2.45) is 5.73 Å². The summed E-state index contributed by atoms with van der Waals surface area (Å²) >= 11 is 4.72. The highest BCUT2D eigenvalue weighted by atomic mass is 79.9. The van der Waals surface area contributed by atoms with Gasteiger partial charge < -0.3 is 20.5 Å². The summed E-state index contributed by atoms with van der Waals surface area (Å²) in [6.45, 7) is -0.473. The van der Waals surface area contributed by atoms with Gasteiger partial charge >= 0.3 is 5.97 Å². The minimum Gasteiger partial charge on any atom is -0.496 e. The molecular weight excluding hydrogens is 472 g/mol. The van der Waals surface area contributed by atoms with Gasteiger partial charge in [0.25, 0.3) is 11.8 Å². The predicted molar refractivity (Wildman–Crippen MR) is 119 cm³/mol. The lowest BCUT2D eigenvalue weighted by Crippen LogP contribution is -2.22. The van der Waals surface area contributed by atoms with Crippen molar-refractivity contribution in [2.75, 3.05) is 19.0 Å². The fourth-order valence-electron chi connectivity index (χ4n) is 3.26. The fraction of sp³-hybridized carbons (Fsp3) is 0.286. The minimum absolute atomic E-state index is 0.371. The first-order chi connectivity index (χ1) is 14.4. The van der Waals surface area contributed by atoms with Crippen LogP contribution in [0.4, 0.5) is 5.00 Å². The number of carbonyl (C=O) groups is 3. The normalized spacial score (nSPS) is 13.0. The number of aryl methyl sites for hydroxylation is 1. The Kier molecular flexibility index (Phi) is 7.28. The Bertz CT molecular complexity index is 1020. The number of nitrogens with one attached hydrogen (secondary N) is 1. The number of rotatable bonds is 7. The van der Waals surface area contributed by atoms with Crippen molar-refractivity contribution in [2.45, 2.75) is 25.7 Å². The number of methoxy groups -OCH3 is 1. The van der Waals surface area contributed by atoms with Crippen molar-refractivity contribution >= 4 is 56.1 Å². The van der Waals surface area contributed by atoms with E-state index in [4.69, 9.17) is 15.2 Å². The van der Waals surface area contributed by atoms with Gasteiger partial charge in [0.15, 0.2) is 6.61 Å². The highest BCUT2D eigenvalue weighted by molar-refractivity contribution is 9.10. The first-order valence-corrected chi connectivity index (χ1v) is 10.9. The molecule has 1 aliphatic carbocycles. The standard InChI is InChI=1S/C21H21BrN2O5S/c1-28-15-8-7-13(22)10-12(15)6-9-18(26)29-11-17(25)24-21-19(20(23)27)14-4-2-3-5-16(14)30-21/h6-10H,2-5,11H2,1H3,(H2,23,27)(H,24,25)/b9-6+. The average molecular weight is 493 g/mol. The summed E-state index contributed by atoms with van der Waals surface area (Å²) in [5, 5.41) is 3.08. The van der Waals surface area contributed by atoms with Crippen molar-refractivity contribution < 1.29 is 23.9 Å². The van der Waals surface area contributed by atoms with Crippen LogP contribution in [0, 0.1) is 0 Å². The molecule has 0 radical (unpaired) electrons. The fourth-order valence-corrected chi connectivity index (χ4v) is 4.95. The topological polar surface area (TPSA) is 108 Å². The van der Waals surface area contributed by atoms with Crippen molar-refractivity contribution in [3.05, 3.63) is 50.3 Å². The van der Waals surface area contributed by atoms with Crippen LogP contribution in [-0.2, 0) is 27.2 Å². The van der Waals surface area contributed by atoms with Crippen molar-refractivity contribution in [1.29, 1.82) is 0 Å². The van der Waals surface area contributed by atoms with E-state index in [1.807, 2.05) is 6.07 Å². The largest absolute Gasteiger partial charge is 0.496 e. The maximum atomic E-state index is 12.2. The highest BCUT2D eigenvalue weighted by Gasteiger charge is 2.25. The smallest absolute Gasteiger partial charge is 0.331 e. The Morgan fingerprint density at radius 2 is 2.03 bits per heavy atom. The average Bonchev–Trinajstić information content (AvgIpc) is 3.08. The lowest BCUT2D eigenvalue weighted by Gasteiger charge is -2.11. The molecule has 30 heavy (non-hydrogen) atoms. The molecule has 158 valence electrons. The zero-order valence-electron chi connectivity index (χ0n) is 16.3. The lowest BCUT2D eigenvalue weighted by atomic mass is 9.95. The predicted octanol–water partition coefficient (Wildman–Crippen LogP) is 3.69. The number of thiophene rings is 1. The van der Waals surface area contributed by atoms with Gasteiger partial charge in [-0.2, -0.15) is 0 Å². The van der Waals surface area contributed by atoms with Crippen LogP contribution in [0.5, 0.6) is 5.75 Å². The zero-order chi connectivity index (χ0) is 21.7. The Morgan fingerprint density at radius 1 is 1.27 bits per heavy atom. The van der Waals surface area contributed by atoms with Gasteiger partial charge in [0.05, 0.1) is 12.7 Å². The third kappa shape index (κ3) is 5.28. The van der Waals surface area contributed by atoms with Crippen LogP contribution < -0.4 is 15.8 Å². The lowest BCUT2D eigenvalue weighted by molar-refractivity contribution is -0.142. The zero-order valence-corrected chi connectivity index (χ0v) is 18.7. The van der Waals surface area contributed by atoms with Gasteiger partial charge in [0.1, 0.15) is 10.8 Å². The van der Waals surface area contributed by atoms with E-state index in [1.165, 1.54) is 24.5 Å². The second kappa shape index (κ2) is 9.90. The van der Waals surface area contributed by atoms with E-state index in [2.05, 4.69) is 21.2 Å². The number of amides is 2. The third-order valence-electron chi connectivity index (χ3n) is 4.61. The van der Waals surface area contributed by atoms with Gasteiger partial charge in [-0.25, -0.2) is 4.79 Å².